The second-order valence-electron chi connectivity index (χ2n) is 8.35. The van der Waals surface area contributed by atoms with Crippen LogP contribution in [0.3, 0.4) is 0 Å². The lowest BCUT2D eigenvalue weighted by Crippen LogP contribution is -2.30. The Bertz CT molecular complexity index is 1110. The van der Waals surface area contributed by atoms with Crippen LogP contribution in [-0.4, -0.2) is 49.4 Å². The Labute approximate surface area is 205 Å². The van der Waals surface area contributed by atoms with Crippen molar-refractivity contribution in [1.29, 1.82) is 0 Å². The van der Waals surface area contributed by atoms with Crippen molar-refractivity contribution in [3.05, 3.63) is 96.1 Å². The molecule has 0 spiro atoms. The highest BCUT2D eigenvalue weighted by Gasteiger charge is 2.32. The van der Waals surface area contributed by atoms with E-state index in [2.05, 4.69) is 0 Å². The third-order valence-electron chi connectivity index (χ3n) is 5.59. The Balaban J connectivity index is 1.36. The van der Waals surface area contributed by atoms with Crippen molar-refractivity contribution >= 4 is 17.7 Å². The molecule has 0 bridgehead atoms. The lowest BCUT2D eigenvalue weighted by atomic mass is 10.1. The molecule has 1 amide bonds. The fourth-order valence-corrected chi connectivity index (χ4v) is 4.01. The zero-order valence-electron chi connectivity index (χ0n) is 19.8. The van der Waals surface area contributed by atoms with Crippen molar-refractivity contribution in [2.45, 2.75) is 26.1 Å². The summed E-state index contributed by atoms with van der Waals surface area (Å²) in [5.74, 6) is 0.439. The third-order valence-corrected chi connectivity index (χ3v) is 5.59. The largest absolute Gasteiger partial charge is 0.490 e. The minimum Gasteiger partial charge on any atom is -0.490 e. The fraction of sp³-hybridized carbons (Fsp3) is 0.286. The van der Waals surface area contributed by atoms with Gasteiger partial charge in [-0.1, -0.05) is 60.7 Å². The Hall–Kier alpha value is -3.84. The topological polar surface area (TPSA) is 68.3 Å². The molecular formula is C28H30N2O5. The first-order valence-corrected chi connectivity index (χ1v) is 11.8. The first-order valence-electron chi connectivity index (χ1n) is 11.8. The predicted octanol–water partition coefficient (Wildman–Crippen LogP) is 4.66. The smallest absolute Gasteiger partial charge is 0.414 e. The van der Waals surface area contributed by atoms with E-state index < -0.39 is 0 Å². The summed E-state index contributed by atoms with van der Waals surface area (Å²) in [6.45, 7) is 4.24. The van der Waals surface area contributed by atoms with E-state index >= 15 is 0 Å². The van der Waals surface area contributed by atoms with Crippen LogP contribution in [0.4, 0.5) is 10.5 Å². The maximum atomic E-state index is 12.3. The summed E-state index contributed by atoms with van der Waals surface area (Å²) in [4.78, 5) is 28.1. The summed E-state index contributed by atoms with van der Waals surface area (Å²) in [6.07, 6.45) is -0.723. The lowest BCUT2D eigenvalue weighted by molar-refractivity contribution is -0.144. The fourth-order valence-electron chi connectivity index (χ4n) is 4.01. The van der Waals surface area contributed by atoms with E-state index in [1.54, 1.807) is 11.8 Å². The van der Waals surface area contributed by atoms with Gasteiger partial charge in [0.15, 0.2) is 6.10 Å². The molecule has 1 unspecified atom stereocenters. The van der Waals surface area contributed by atoms with Gasteiger partial charge in [0.25, 0.3) is 0 Å². The van der Waals surface area contributed by atoms with Gasteiger partial charge in [0.05, 0.1) is 19.7 Å². The maximum Gasteiger partial charge on any atom is 0.414 e. The number of hydrogen-bond acceptors (Lipinski definition) is 6. The van der Waals surface area contributed by atoms with Crippen LogP contribution in [0.25, 0.3) is 0 Å². The molecule has 1 aliphatic rings. The molecule has 0 saturated carbocycles. The van der Waals surface area contributed by atoms with E-state index in [4.69, 9.17) is 14.2 Å². The number of rotatable bonds is 11. The molecule has 0 aliphatic carbocycles. The van der Waals surface area contributed by atoms with Crippen LogP contribution in [0.2, 0.25) is 0 Å². The minimum absolute atomic E-state index is 0.196. The number of ether oxygens (including phenoxy) is 3. The SMILES string of the molecule is CCOC(=O)CN(Cc1ccccc1)Cc1cccc(OCC2CN(c3ccccc3)C(=O)O2)c1. The van der Waals surface area contributed by atoms with Gasteiger partial charge in [-0.15, -0.1) is 0 Å². The van der Waals surface area contributed by atoms with Crippen LogP contribution in [0.15, 0.2) is 84.9 Å². The molecule has 7 heteroatoms. The van der Waals surface area contributed by atoms with Crippen LogP contribution >= 0.6 is 0 Å². The summed E-state index contributed by atoms with van der Waals surface area (Å²) in [5, 5.41) is 0. The average Bonchev–Trinajstić information content (AvgIpc) is 3.25. The Morgan fingerprint density at radius 2 is 1.66 bits per heavy atom. The summed E-state index contributed by atoms with van der Waals surface area (Å²) in [6, 6.07) is 27.2. The number of hydrogen-bond donors (Lipinski definition) is 0. The van der Waals surface area contributed by atoms with Crippen molar-refractivity contribution < 1.29 is 23.8 Å². The highest BCUT2D eigenvalue weighted by Crippen LogP contribution is 2.22. The summed E-state index contributed by atoms with van der Waals surface area (Å²) in [5.41, 5.74) is 2.94. The molecule has 1 saturated heterocycles. The first kappa shape index (κ1) is 24.3. The number of cyclic esters (lactones) is 1. The number of nitrogens with zero attached hydrogens (tertiary/aromatic N) is 2. The van der Waals surface area contributed by atoms with Gasteiger partial charge in [0, 0.05) is 18.8 Å². The van der Waals surface area contributed by atoms with E-state index in [-0.39, 0.29) is 31.3 Å². The molecular weight excluding hydrogens is 444 g/mol. The summed E-state index contributed by atoms with van der Waals surface area (Å²) < 4.78 is 16.6. The predicted molar refractivity (Wildman–Crippen MR) is 133 cm³/mol. The number of amides is 1. The number of esters is 1. The van der Waals surface area contributed by atoms with Gasteiger partial charge in [-0.3, -0.25) is 14.6 Å². The summed E-state index contributed by atoms with van der Waals surface area (Å²) in [7, 11) is 0. The molecule has 3 aromatic rings. The van der Waals surface area contributed by atoms with E-state index in [0.29, 0.717) is 32.0 Å². The van der Waals surface area contributed by atoms with E-state index in [1.807, 2.05) is 89.8 Å². The highest BCUT2D eigenvalue weighted by molar-refractivity contribution is 5.89. The highest BCUT2D eigenvalue weighted by atomic mass is 16.6. The van der Waals surface area contributed by atoms with Crippen LogP contribution in [0.1, 0.15) is 18.1 Å². The van der Waals surface area contributed by atoms with Crippen molar-refractivity contribution in [1.82, 2.24) is 4.90 Å². The van der Waals surface area contributed by atoms with Crippen molar-refractivity contribution in [3.8, 4) is 5.75 Å². The van der Waals surface area contributed by atoms with E-state index in [1.165, 1.54) is 0 Å². The number of carbonyl (C=O) groups is 2. The van der Waals surface area contributed by atoms with Gasteiger partial charge in [-0.25, -0.2) is 4.79 Å². The molecule has 0 radical (unpaired) electrons. The quantitative estimate of drug-likeness (QED) is 0.377. The van der Waals surface area contributed by atoms with Gasteiger partial charge in [-0.2, -0.15) is 0 Å². The molecule has 182 valence electrons. The van der Waals surface area contributed by atoms with Crippen molar-refractivity contribution in [2.75, 3.05) is 31.2 Å². The lowest BCUT2D eigenvalue weighted by Gasteiger charge is -2.22. The molecule has 1 atom stereocenters. The van der Waals surface area contributed by atoms with Gasteiger partial charge in [-0.05, 0) is 42.3 Å². The van der Waals surface area contributed by atoms with Crippen molar-refractivity contribution in [3.63, 3.8) is 0 Å². The van der Waals surface area contributed by atoms with E-state index in [0.717, 1.165) is 16.8 Å². The molecule has 35 heavy (non-hydrogen) atoms. The zero-order chi connectivity index (χ0) is 24.5. The second-order valence-corrected chi connectivity index (χ2v) is 8.35. The number of benzene rings is 3. The van der Waals surface area contributed by atoms with Gasteiger partial charge in [0.2, 0.25) is 0 Å². The molecule has 0 N–H and O–H groups in total. The second kappa shape index (κ2) is 12.0. The Morgan fingerprint density at radius 1 is 0.971 bits per heavy atom. The molecule has 0 aromatic heterocycles. The molecule has 7 nitrogen and oxygen atoms in total. The number of anilines is 1. The Morgan fingerprint density at radius 3 is 2.40 bits per heavy atom. The van der Waals surface area contributed by atoms with Crippen LogP contribution in [-0.2, 0) is 27.4 Å². The van der Waals surface area contributed by atoms with Gasteiger partial charge >= 0.3 is 12.1 Å². The number of para-hydroxylation sites is 1. The average molecular weight is 475 g/mol. The molecule has 4 rings (SSSR count). The Kier molecular flexibility index (Phi) is 8.35. The maximum absolute atomic E-state index is 12.3. The normalized spacial score (nSPS) is 15.2. The van der Waals surface area contributed by atoms with Gasteiger partial charge in [0.1, 0.15) is 12.4 Å². The molecule has 1 aliphatic heterocycles. The monoisotopic (exact) mass is 474 g/mol. The summed E-state index contributed by atoms with van der Waals surface area (Å²) >= 11 is 0. The number of carbonyl (C=O) groups excluding carboxylic acids is 2. The standard InChI is InChI=1S/C28H30N2O5/c1-2-33-27(31)20-29(17-22-10-5-3-6-11-22)18-23-12-9-15-25(16-23)34-21-26-19-30(28(32)35-26)24-13-7-4-8-14-24/h3-16,26H,2,17-21H2,1H3. The van der Waals surface area contributed by atoms with Crippen molar-refractivity contribution in [2.24, 2.45) is 0 Å². The van der Waals surface area contributed by atoms with Gasteiger partial charge < -0.3 is 14.2 Å². The van der Waals surface area contributed by atoms with Crippen LogP contribution < -0.4 is 9.64 Å². The minimum atomic E-state index is -0.367. The van der Waals surface area contributed by atoms with Crippen LogP contribution in [0.5, 0.6) is 5.75 Å². The first-order chi connectivity index (χ1) is 17.1. The molecule has 3 aromatic carbocycles. The molecule has 1 fully saturated rings. The third kappa shape index (κ3) is 7.07. The van der Waals surface area contributed by atoms with E-state index in [9.17, 15) is 9.59 Å². The molecule has 1 heterocycles. The zero-order valence-corrected chi connectivity index (χ0v) is 19.8. The van der Waals surface area contributed by atoms with Crippen LogP contribution in [0, 0.1) is 0 Å².